The Morgan fingerprint density at radius 3 is 2.73 bits per heavy atom. The van der Waals surface area contributed by atoms with Crippen LogP contribution in [0.5, 0.6) is 0 Å². The molecular formula is C10H17N3O2. The molecule has 1 atom stereocenters. The van der Waals surface area contributed by atoms with Crippen molar-refractivity contribution >= 4 is 17.5 Å². The van der Waals surface area contributed by atoms with E-state index in [0.717, 1.165) is 12.8 Å². The summed E-state index contributed by atoms with van der Waals surface area (Å²) in [6.07, 6.45) is 1.95. The highest BCUT2D eigenvalue weighted by molar-refractivity contribution is 6.21. The van der Waals surface area contributed by atoms with Gasteiger partial charge in [-0.05, 0) is 13.3 Å². The third-order valence-electron chi connectivity index (χ3n) is 2.38. The van der Waals surface area contributed by atoms with E-state index in [1.807, 2.05) is 6.92 Å². The summed E-state index contributed by atoms with van der Waals surface area (Å²) in [6, 6.07) is 0. The Labute approximate surface area is 89.5 Å². The van der Waals surface area contributed by atoms with Gasteiger partial charge in [0.15, 0.2) is 5.92 Å². The quantitative estimate of drug-likeness (QED) is 0.539. The maximum absolute atomic E-state index is 11.6. The van der Waals surface area contributed by atoms with E-state index in [4.69, 9.17) is 0 Å². The molecule has 5 heteroatoms. The summed E-state index contributed by atoms with van der Waals surface area (Å²) < 4.78 is 0. The average molecular weight is 211 g/mol. The molecule has 1 unspecified atom stereocenters. The number of hydrogen-bond donors (Lipinski definition) is 1. The highest BCUT2D eigenvalue weighted by atomic mass is 16.2. The number of nitrogens with one attached hydrogen (secondary N) is 1. The Morgan fingerprint density at radius 1 is 1.60 bits per heavy atom. The van der Waals surface area contributed by atoms with Gasteiger partial charge in [-0.15, -0.1) is 0 Å². The van der Waals surface area contributed by atoms with Crippen LogP contribution in [0, 0.1) is 5.92 Å². The molecule has 0 spiro atoms. The predicted molar refractivity (Wildman–Crippen MR) is 57.3 cm³/mol. The first-order chi connectivity index (χ1) is 7.07. The van der Waals surface area contributed by atoms with Gasteiger partial charge < -0.3 is 5.32 Å². The van der Waals surface area contributed by atoms with Crippen LogP contribution in [-0.2, 0) is 9.59 Å². The number of carbonyl (C=O) groups excluding carboxylic acids is 2. The van der Waals surface area contributed by atoms with E-state index in [2.05, 4.69) is 10.4 Å². The fourth-order valence-corrected chi connectivity index (χ4v) is 1.50. The maximum Gasteiger partial charge on any atom is 0.260 e. The second-order valence-corrected chi connectivity index (χ2v) is 3.68. The van der Waals surface area contributed by atoms with Crippen molar-refractivity contribution in [1.82, 2.24) is 10.3 Å². The Kier molecular flexibility index (Phi) is 3.82. The van der Waals surface area contributed by atoms with Crippen molar-refractivity contribution < 1.29 is 9.59 Å². The molecule has 0 aromatic carbocycles. The minimum Gasteiger partial charge on any atom is -0.355 e. The summed E-state index contributed by atoms with van der Waals surface area (Å²) in [5.74, 6) is -1.20. The molecule has 0 aromatic rings. The molecule has 0 fully saturated rings. The lowest BCUT2D eigenvalue weighted by Gasteiger charge is -2.10. The third-order valence-corrected chi connectivity index (χ3v) is 2.38. The Hall–Kier alpha value is -1.39. The Balaban J connectivity index is 2.53. The largest absolute Gasteiger partial charge is 0.355 e. The summed E-state index contributed by atoms with van der Waals surface area (Å²) in [7, 11) is 1.56. The molecule has 1 N–H and O–H groups in total. The number of hydrogen-bond acceptors (Lipinski definition) is 3. The van der Waals surface area contributed by atoms with E-state index >= 15 is 0 Å². The lowest BCUT2D eigenvalue weighted by molar-refractivity contribution is -0.136. The molecule has 1 rings (SSSR count). The molecule has 1 aliphatic rings. The molecule has 0 aromatic heterocycles. The number of amides is 2. The van der Waals surface area contributed by atoms with Crippen LogP contribution in [0.1, 0.15) is 26.7 Å². The van der Waals surface area contributed by atoms with Gasteiger partial charge in [0.2, 0.25) is 5.91 Å². The molecule has 15 heavy (non-hydrogen) atoms. The lowest BCUT2D eigenvalue weighted by atomic mass is 10.0. The molecule has 0 aliphatic carbocycles. The van der Waals surface area contributed by atoms with E-state index in [9.17, 15) is 9.59 Å². The van der Waals surface area contributed by atoms with Crippen molar-refractivity contribution in [3.8, 4) is 0 Å². The van der Waals surface area contributed by atoms with Crippen LogP contribution >= 0.6 is 0 Å². The van der Waals surface area contributed by atoms with Crippen molar-refractivity contribution in [3.63, 3.8) is 0 Å². The molecule has 0 saturated heterocycles. The SMILES string of the molecule is CCCCNC(=O)C1C(=O)N(C)N=C1C. The van der Waals surface area contributed by atoms with E-state index in [-0.39, 0.29) is 11.8 Å². The van der Waals surface area contributed by atoms with Gasteiger partial charge in [0.25, 0.3) is 5.91 Å². The molecule has 0 radical (unpaired) electrons. The smallest absolute Gasteiger partial charge is 0.260 e. The predicted octanol–water partition coefficient (Wildman–Crippen LogP) is 0.367. The summed E-state index contributed by atoms with van der Waals surface area (Å²) in [5, 5.41) is 7.90. The minimum atomic E-state index is -0.716. The zero-order valence-electron chi connectivity index (χ0n) is 9.41. The highest BCUT2D eigenvalue weighted by Crippen LogP contribution is 2.13. The van der Waals surface area contributed by atoms with Crippen LogP contribution in [-0.4, -0.2) is 36.1 Å². The normalized spacial score (nSPS) is 20.5. The van der Waals surface area contributed by atoms with Gasteiger partial charge in [0.1, 0.15) is 0 Å². The average Bonchev–Trinajstić information content (AvgIpc) is 2.41. The maximum atomic E-state index is 11.6. The van der Waals surface area contributed by atoms with Gasteiger partial charge in [-0.2, -0.15) is 5.10 Å². The first-order valence-corrected chi connectivity index (χ1v) is 5.18. The molecule has 2 amide bonds. The molecular weight excluding hydrogens is 194 g/mol. The zero-order valence-corrected chi connectivity index (χ0v) is 9.41. The zero-order chi connectivity index (χ0) is 11.4. The molecule has 84 valence electrons. The Morgan fingerprint density at radius 2 is 2.27 bits per heavy atom. The van der Waals surface area contributed by atoms with Gasteiger partial charge >= 0.3 is 0 Å². The first-order valence-electron chi connectivity index (χ1n) is 5.18. The molecule has 0 saturated carbocycles. The number of carbonyl (C=O) groups is 2. The second-order valence-electron chi connectivity index (χ2n) is 3.68. The van der Waals surface area contributed by atoms with Crippen LogP contribution in [0.15, 0.2) is 5.10 Å². The monoisotopic (exact) mass is 211 g/mol. The number of nitrogens with zero attached hydrogens (tertiary/aromatic N) is 2. The number of hydrazone groups is 1. The van der Waals surface area contributed by atoms with Gasteiger partial charge in [-0.1, -0.05) is 13.3 Å². The summed E-state index contributed by atoms with van der Waals surface area (Å²) in [4.78, 5) is 23.2. The van der Waals surface area contributed by atoms with Gasteiger partial charge in [0.05, 0.1) is 5.71 Å². The second kappa shape index (κ2) is 4.91. The molecule has 5 nitrogen and oxygen atoms in total. The Bertz CT molecular complexity index is 299. The fraction of sp³-hybridized carbons (Fsp3) is 0.700. The van der Waals surface area contributed by atoms with Crippen LogP contribution in [0.3, 0.4) is 0 Å². The van der Waals surface area contributed by atoms with Crippen LogP contribution in [0.4, 0.5) is 0 Å². The van der Waals surface area contributed by atoms with Crippen molar-refractivity contribution in [3.05, 3.63) is 0 Å². The van der Waals surface area contributed by atoms with Gasteiger partial charge in [-0.3, -0.25) is 9.59 Å². The van der Waals surface area contributed by atoms with Gasteiger partial charge in [0, 0.05) is 13.6 Å². The number of unbranched alkanes of at least 4 members (excludes halogenated alkanes) is 1. The van der Waals surface area contributed by atoms with Crippen LogP contribution in [0.2, 0.25) is 0 Å². The van der Waals surface area contributed by atoms with Crippen molar-refractivity contribution in [2.24, 2.45) is 11.0 Å². The molecule has 0 bridgehead atoms. The highest BCUT2D eigenvalue weighted by Gasteiger charge is 2.36. The summed E-state index contributed by atoms with van der Waals surface area (Å²) in [6.45, 7) is 4.37. The van der Waals surface area contributed by atoms with Crippen LogP contribution < -0.4 is 5.32 Å². The van der Waals surface area contributed by atoms with E-state index in [1.54, 1.807) is 14.0 Å². The van der Waals surface area contributed by atoms with E-state index in [0.29, 0.717) is 12.3 Å². The lowest BCUT2D eigenvalue weighted by Crippen LogP contribution is -2.39. The number of rotatable bonds is 4. The molecule has 1 heterocycles. The van der Waals surface area contributed by atoms with Crippen molar-refractivity contribution in [2.75, 3.05) is 13.6 Å². The van der Waals surface area contributed by atoms with Crippen LogP contribution in [0.25, 0.3) is 0 Å². The van der Waals surface area contributed by atoms with Gasteiger partial charge in [-0.25, -0.2) is 5.01 Å². The molecule has 1 aliphatic heterocycles. The third kappa shape index (κ3) is 2.55. The van der Waals surface area contributed by atoms with E-state index in [1.165, 1.54) is 5.01 Å². The summed E-state index contributed by atoms with van der Waals surface area (Å²) >= 11 is 0. The van der Waals surface area contributed by atoms with E-state index < -0.39 is 5.92 Å². The standard InChI is InChI=1S/C10H17N3O2/c1-4-5-6-11-9(14)8-7(2)12-13(3)10(8)15/h8H,4-6H2,1-3H3,(H,11,14). The topological polar surface area (TPSA) is 61.8 Å². The van der Waals surface area contributed by atoms with Crippen molar-refractivity contribution in [2.45, 2.75) is 26.7 Å². The fourth-order valence-electron chi connectivity index (χ4n) is 1.50. The minimum absolute atomic E-state index is 0.237. The summed E-state index contributed by atoms with van der Waals surface area (Å²) in [5.41, 5.74) is 0.566. The first kappa shape index (κ1) is 11.7. The van der Waals surface area contributed by atoms with Crippen molar-refractivity contribution in [1.29, 1.82) is 0 Å².